The highest BCUT2D eigenvalue weighted by Gasteiger charge is 2.28. The minimum Gasteiger partial charge on any atom is -0.486 e. The Morgan fingerprint density at radius 3 is 2.86 bits per heavy atom. The fourth-order valence-electron chi connectivity index (χ4n) is 2.32. The van der Waals surface area contributed by atoms with Crippen molar-refractivity contribution in [2.75, 3.05) is 18.5 Å². The Bertz CT molecular complexity index is 642. The lowest BCUT2D eigenvalue weighted by molar-refractivity contribution is -0.117. The molecule has 1 unspecified atom stereocenters. The van der Waals surface area contributed by atoms with Crippen LogP contribution in [0.25, 0.3) is 0 Å². The summed E-state index contributed by atoms with van der Waals surface area (Å²) in [6.45, 7) is 2.79. The van der Waals surface area contributed by atoms with Crippen LogP contribution in [0.5, 0.6) is 11.5 Å². The summed E-state index contributed by atoms with van der Waals surface area (Å²) < 4.78 is 10.9. The summed E-state index contributed by atoms with van der Waals surface area (Å²) in [5, 5.41) is 6.72. The van der Waals surface area contributed by atoms with E-state index in [1.807, 2.05) is 0 Å². The molecule has 7 nitrogen and oxygen atoms in total. The lowest BCUT2D eigenvalue weighted by atomic mass is 10.1. The van der Waals surface area contributed by atoms with Gasteiger partial charge in [0.25, 0.3) is 0 Å². The number of hydrazone groups is 1. The van der Waals surface area contributed by atoms with Crippen LogP contribution >= 0.6 is 0 Å². The summed E-state index contributed by atoms with van der Waals surface area (Å²) in [7, 11) is 0. The smallest absolute Gasteiger partial charge is 0.248 e. The second-order valence-electron chi connectivity index (χ2n) is 5.07. The Balaban J connectivity index is 1.62. The van der Waals surface area contributed by atoms with Crippen LogP contribution in [0.15, 0.2) is 23.3 Å². The van der Waals surface area contributed by atoms with Gasteiger partial charge >= 0.3 is 0 Å². The van der Waals surface area contributed by atoms with Gasteiger partial charge in [-0.3, -0.25) is 15.0 Å². The number of carbonyl (C=O) groups excluding carboxylic acids is 2. The molecule has 2 N–H and O–H groups in total. The van der Waals surface area contributed by atoms with Gasteiger partial charge < -0.3 is 14.8 Å². The van der Waals surface area contributed by atoms with Crippen molar-refractivity contribution >= 4 is 23.1 Å². The van der Waals surface area contributed by atoms with E-state index < -0.39 is 6.04 Å². The van der Waals surface area contributed by atoms with E-state index in [9.17, 15) is 9.59 Å². The van der Waals surface area contributed by atoms with E-state index in [-0.39, 0.29) is 11.7 Å². The molecule has 1 aromatic rings. The Labute approximate surface area is 127 Å². The molecule has 0 bridgehead atoms. The lowest BCUT2D eigenvalue weighted by Gasteiger charge is -2.19. The van der Waals surface area contributed by atoms with Gasteiger partial charge in [-0.2, -0.15) is 5.10 Å². The highest BCUT2D eigenvalue weighted by atomic mass is 16.6. The van der Waals surface area contributed by atoms with Crippen LogP contribution < -0.4 is 20.2 Å². The van der Waals surface area contributed by atoms with E-state index in [4.69, 9.17) is 9.47 Å². The zero-order valence-electron chi connectivity index (χ0n) is 12.2. The molecule has 0 saturated carbocycles. The van der Waals surface area contributed by atoms with Gasteiger partial charge in [0.05, 0.1) is 0 Å². The van der Waals surface area contributed by atoms with E-state index >= 15 is 0 Å². The van der Waals surface area contributed by atoms with Crippen LogP contribution in [0.2, 0.25) is 0 Å². The first-order valence-corrected chi connectivity index (χ1v) is 7.23. The van der Waals surface area contributed by atoms with Gasteiger partial charge in [-0.15, -0.1) is 0 Å². The number of fused-ring (bicyclic) bond motifs is 1. The first-order chi connectivity index (χ1) is 10.7. The predicted molar refractivity (Wildman–Crippen MR) is 80.3 cm³/mol. The maximum absolute atomic E-state index is 12.2. The molecule has 0 saturated heterocycles. The van der Waals surface area contributed by atoms with E-state index in [1.54, 1.807) is 25.1 Å². The summed E-state index contributed by atoms with van der Waals surface area (Å²) in [5.74, 6) is 1.00. The van der Waals surface area contributed by atoms with Crippen LogP contribution in [-0.2, 0) is 9.59 Å². The minimum absolute atomic E-state index is 0.0397. The van der Waals surface area contributed by atoms with Crippen LogP contribution in [-0.4, -0.2) is 36.7 Å². The van der Waals surface area contributed by atoms with Gasteiger partial charge in [-0.1, -0.05) is 6.92 Å². The molecule has 1 aromatic carbocycles. The first-order valence-electron chi connectivity index (χ1n) is 7.23. The third kappa shape index (κ3) is 2.88. The average molecular weight is 303 g/mol. The van der Waals surface area contributed by atoms with Crippen molar-refractivity contribution in [1.29, 1.82) is 0 Å². The fraction of sp³-hybridized carbons (Fsp3) is 0.400. The topological polar surface area (TPSA) is 89.0 Å². The summed E-state index contributed by atoms with van der Waals surface area (Å²) in [6.07, 6.45) is 0.695. The number of ether oxygens (including phenoxy) is 2. The van der Waals surface area contributed by atoms with Gasteiger partial charge in [0.15, 0.2) is 17.3 Å². The molecule has 1 amide bonds. The van der Waals surface area contributed by atoms with Crippen molar-refractivity contribution in [2.24, 2.45) is 5.10 Å². The number of ketones is 1. The Morgan fingerprint density at radius 1 is 1.32 bits per heavy atom. The maximum atomic E-state index is 12.2. The van der Waals surface area contributed by atoms with E-state index in [0.717, 1.165) is 0 Å². The first kappa shape index (κ1) is 14.4. The molecule has 7 heteroatoms. The number of amides is 1. The van der Waals surface area contributed by atoms with E-state index in [2.05, 4.69) is 15.8 Å². The number of benzene rings is 1. The van der Waals surface area contributed by atoms with Crippen molar-refractivity contribution in [3.8, 4) is 11.5 Å². The number of nitrogens with zero attached hydrogens (tertiary/aromatic N) is 1. The SMILES string of the molecule is CCC(=O)C1=NNC(C(=O)Nc2ccc3c(c2)OCCO3)C1. The van der Waals surface area contributed by atoms with Gasteiger partial charge in [0.2, 0.25) is 5.91 Å². The average Bonchev–Trinajstić information content (AvgIpc) is 3.04. The number of Topliss-reactive ketones (excluding diaryl/α,β-unsaturated/α-hetero) is 1. The summed E-state index contributed by atoms with van der Waals surface area (Å²) in [4.78, 5) is 23.8. The summed E-state index contributed by atoms with van der Waals surface area (Å²) >= 11 is 0. The van der Waals surface area contributed by atoms with Crippen LogP contribution in [0.3, 0.4) is 0 Å². The van der Waals surface area contributed by atoms with Crippen molar-refractivity contribution in [3.63, 3.8) is 0 Å². The molecule has 1 atom stereocenters. The Hall–Kier alpha value is -2.57. The maximum Gasteiger partial charge on any atom is 0.248 e. The molecular formula is C15H17N3O4. The fourth-order valence-corrected chi connectivity index (χ4v) is 2.32. The second kappa shape index (κ2) is 6.05. The highest BCUT2D eigenvalue weighted by molar-refractivity contribution is 6.40. The molecule has 0 aliphatic carbocycles. The Morgan fingerprint density at radius 2 is 2.09 bits per heavy atom. The number of hydrogen-bond acceptors (Lipinski definition) is 6. The second-order valence-corrected chi connectivity index (χ2v) is 5.07. The van der Waals surface area contributed by atoms with E-state index in [0.29, 0.717) is 49.0 Å². The van der Waals surface area contributed by atoms with Crippen molar-refractivity contribution in [3.05, 3.63) is 18.2 Å². The van der Waals surface area contributed by atoms with Gasteiger partial charge in [-0.25, -0.2) is 0 Å². The lowest BCUT2D eigenvalue weighted by Crippen LogP contribution is -2.35. The zero-order chi connectivity index (χ0) is 15.5. The normalized spacial score (nSPS) is 19.1. The number of nitrogens with one attached hydrogen (secondary N) is 2. The van der Waals surface area contributed by atoms with Crippen molar-refractivity contribution < 1.29 is 19.1 Å². The standard InChI is InChI=1S/C15H17N3O4/c1-2-12(19)10-8-11(18-17-10)15(20)16-9-3-4-13-14(7-9)22-6-5-21-13/h3-4,7,11,18H,2,5-6,8H2,1H3,(H,16,20). The highest BCUT2D eigenvalue weighted by Crippen LogP contribution is 2.32. The van der Waals surface area contributed by atoms with Gasteiger partial charge in [0, 0.05) is 24.6 Å². The summed E-state index contributed by atoms with van der Waals surface area (Å²) in [5.41, 5.74) is 3.74. The molecular weight excluding hydrogens is 286 g/mol. The molecule has 2 aliphatic heterocycles. The van der Waals surface area contributed by atoms with Crippen LogP contribution in [0.1, 0.15) is 19.8 Å². The third-order valence-electron chi connectivity index (χ3n) is 3.52. The van der Waals surface area contributed by atoms with Gasteiger partial charge in [0.1, 0.15) is 25.0 Å². The van der Waals surface area contributed by atoms with Crippen LogP contribution in [0, 0.1) is 0 Å². The number of carbonyl (C=O) groups is 2. The monoisotopic (exact) mass is 303 g/mol. The molecule has 116 valence electrons. The molecule has 2 heterocycles. The third-order valence-corrected chi connectivity index (χ3v) is 3.52. The number of anilines is 1. The van der Waals surface area contributed by atoms with Crippen molar-refractivity contribution in [2.45, 2.75) is 25.8 Å². The van der Waals surface area contributed by atoms with E-state index in [1.165, 1.54) is 0 Å². The molecule has 2 aliphatic rings. The minimum atomic E-state index is -0.529. The number of hydrogen-bond donors (Lipinski definition) is 2. The zero-order valence-corrected chi connectivity index (χ0v) is 12.2. The molecule has 0 aromatic heterocycles. The molecule has 0 radical (unpaired) electrons. The molecule has 22 heavy (non-hydrogen) atoms. The largest absolute Gasteiger partial charge is 0.486 e. The molecule has 0 spiro atoms. The predicted octanol–water partition coefficient (Wildman–Crippen LogP) is 1.09. The van der Waals surface area contributed by atoms with Gasteiger partial charge in [-0.05, 0) is 12.1 Å². The van der Waals surface area contributed by atoms with Crippen LogP contribution in [0.4, 0.5) is 5.69 Å². The number of rotatable bonds is 4. The Kier molecular flexibility index (Phi) is 3.95. The molecule has 0 fully saturated rings. The molecule has 3 rings (SSSR count). The van der Waals surface area contributed by atoms with Crippen molar-refractivity contribution in [1.82, 2.24) is 5.43 Å². The summed E-state index contributed by atoms with van der Waals surface area (Å²) in [6, 6.07) is 4.70. The quantitative estimate of drug-likeness (QED) is 0.869.